The van der Waals surface area contributed by atoms with E-state index in [0.717, 1.165) is 18.6 Å². The molecular formula is C10H18O2S. The first-order valence-electron chi connectivity index (χ1n) is 4.67. The Morgan fingerprint density at radius 2 is 2.15 bits per heavy atom. The zero-order valence-corrected chi connectivity index (χ0v) is 9.39. The van der Waals surface area contributed by atoms with E-state index in [1.165, 1.54) is 13.0 Å². The van der Waals surface area contributed by atoms with Crippen molar-refractivity contribution in [3.63, 3.8) is 0 Å². The van der Waals surface area contributed by atoms with Crippen LogP contribution in [0.4, 0.5) is 0 Å². The molecule has 0 rings (SSSR count). The lowest BCUT2D eigenvalue weighted by Gasteiger charge is -2.16. The van der Waals surface area contributed by atoms with Gasteiger partial charge in [0, 0.05) is 0 Å². The van der Waals surface area contributed by atoms with E-state index in [4.69, 9.17) is 0 Å². The first kappa shape index (κ1) is 12.7. The Labute approximate surface area is 83.6 Å². The van der Waals surface area contributed by atoms with E-state index in [1.807, 2.05) is 13.8 Å². The van der Waals surface area contributed by atoms with Crippen LogP contribution in [0.1, 0.15) is 33.6 Å². The third-order valence-electron chi connectivity index (χ3n) is 1.69. The molecule has 0 aromatic carbocycles. The lowest BCUT2D eigenvalue weighted by molar-refractivity contribution is -0.112. The molecule has 2 atom stereocenters. The van der Waals surface area contributed by atoms with Gasteiger partial charge in [-0.2, -0.15) is 0 Å². The summed E-state index contributed by atoms with van der Waals surface area (Å²) in [5.74, 6) is 0.743. The van der Waals surface area contributed by atoms with E-state index in [2.05, 4.69) is 0 Å². The highest BCUT2D eigenvalue weighted by atomic mass is 32.2. The van der Waals surface area contributed by atoms with Gasteiger partial charge in [-0.3, -0.25) is 4.79 Å². The second kappa shape index (κ2) is 7.15. The Balaban J connectivity index is 4.08. The van der Waals surface area contributed by atoms with Crippen LogP contribution in [-0.2, 0) is 16.0 Å². The molecule has 0 amide bonds. The normalized spacial score (nSPS) is 16.0. The van der Waals surface area contributed by atoms with Crippen LogP contribution in [0.5, 0.6) is 0 Å². The maximum absolute atomic E-state index is 11.5. The molecule has 0 aliphatic carbocycles. The minimum Gasteiger partial charge on any atom is -0.616 e. The predicted octanol–water partition coefficient (Wildman–Crippen LogP) is 2.07. The van der Waals surface area contributed by atoms with E-state index in [9.17, 15) is 9.35 Å². The van der Waals surface area contributed by atoms with E-state index < -0.39 is 11.2 Å². The van der Waals surface area contributed by atoms with Crippen molar-refractivity contribution in [2.75, 3.05) is 5.75 Å². The lowest BCUT2D eigenvalue weighted by Crippen LogP contribution is -2.21. The van der Waals surface area contributed by atoms with Crippen LogP contribution in [0, 0.1) is 0 Å². The molecular weight excluding hydrogens is 184 g/mol. The van der Waals surface area contributed by atoms with Gasteiger partial charge < -0.3 is 4.55 Å². The standard InChI is InChI=1S/C10H18O2S/c1-4-8-13(12)10(5-2)7-6-9(3)11/h6-7,10H,4-5,8H2,1-3H3. The largest absolute Gasteiger partial charge is 0.616 e. The van der Waals surface area contributed by atoms with E-state index in [1.54, 1.807) is 6.08 Å². The third-order valence-corrected chi connectivity index (χ3v) is 3.67. The minimum atomic E-state index is -0.813. The summed E-state index contributed by atoms with van der Waals surface area (Å²) >= 11 is -0.813. The first-order valence-corrected chi connectivity index (χ1v) is 6.06. The molecule has 0 spiro atoms. The number of ketones is 1. The van der Waals surface area contributed by atoms with Crippen LogP contribution >= 0.6 is 0 Å². The number of hydrogen-bond donors (Lipinski definition) is 0. The summed E-state index contributed by atoms with van der Waals surface area (Å²) in [7, 11) is 0. The van der Waals surface area contributed by atoms with Gasteiger partial charge in [0.1, 0.15) is 11.0 Å². The zero-order chi connectivity index (χ0) is 10.3. The fourth-order valence-corrected chi connectivity index (χ4v) is 2.34. The summed E-state index contributed by atoms with van der Waals surface area (Å²) in [4.78, 5) is 10.7. The fraction of sp³-hybridized carbons (Fsp3) is 0.700. The van der Waals surface area contributed by atoms with Gasteiger partial charge in [-0.25, -0.2) is 0 Å². The van der Waals surface area contributed by atoms with Gasteiger partial charge in [-0.15, -0.1) is 0 Å². The summed E-state index contributed by atoms with van der Waals surface area (Å²) in [5.41, 5.74) is 0. The van der Waals surface area contributed by atoms with E-state index in [-0.39, 0.29) is 11.0 Å². The van der Waals surface area contributed by atoms with Gasteiger partial charge in [0.25, 0.3) is 0 Å². The Kier molecular flexibility index (Phi) is 7.00. The third kappa shape index (κ3) is 5.88. The van der Waals surface area contributed by atoms with Gasteiger partial charge in [-0.1, -0.05) is 13.8 Å². The molecule has 2 nitrogen and oxygen atoms in total. The van der Waals surface area contributed by atoms with Crippen molar-refractivity contribution in [3.8, 4) is 0 Å². The number of hydrogen-bond acceptors (Lipinski definition) is 2. The topological polar surface area (TPSA) is 40.1 Å². The van der Waals surface area contributed by atoms with Crippen molar-refractivity contribution < 1.29 is 9.35 Å². The van der Waals surface area contributed by atoms with Crippen molar-refractivity contribution in [2.24, 2.45) is 0 Å². The average molecular weight is 202 g/mol. The van der Waals surface area contributed by atoms with E-state index >= 15 is 0 Å². The molecule has 76 valence electrons. The highest BCUT2D eigenvalue weighted by Gasteiger charge is 2.15. The summed E-state index contributed by atoms with van der Waals surface area (Å²) < 4.78 is 11.5. The molecule has 0 fully saturated rings. The van der Waals surface area contributed by atoms with Crippen LogP contribution in [-0.4, -0.2) is 21.3 Å². The van der Waals surface area contributed by atoms with Crippen molar-refractivity contribution in [1.82, 2.24) is 0 Å². The molecule has 2 unspecified atom stereocenters. The smallest absolute Gasteiger partial charge is 0.152 e. The molecule has 0 aromatic heterocycles. The molecule has 0 aliphatic rings. The summed E-state index contributed by atoms with van der Waals surface area (Å²) in [6.45, 7) is 5.51. The summed E-state index contributed by atoms with van der Waals surface area (Å²) in [6.07, 6.45) is 5.04. The molecule has 0 saturated heterocycles. The quantitative estimate of drug-likeness (QED) is 0.488. The van der Waals surface area contributed by atoms with Crippen LogP contribution in [0.15, 0.2) is 12.2 Å². The number of carbonyl (C=O) groups is 1. The van der Waals surface area contributed by atoms with Gasteiger partial charge in [0.15, 0.2) is 5.78 Å². The van der Waals surface area contributed by atoms with Crippen LogP contribution < -0.4 is 0 Å². The molecule has 13 heavy (non-hydrogen) atoms. The Morgan fingerprint density at radius 3 is 2.54 bits per heavy atom. The highest BCUT2D eigenvalue weighted by Crippen LogP contribution is 2.10. The van der Waals surface area contributed by atoms with Crippen LogP contribution in [0.3, 0.4) is 0 Å². The molecule has 0 aliphatic heterocycles. The highest BCUT2D eigenvalue weighted by molar-refractivity contribution is 7.92. The maximum atomic E-state index is 11.5. The monoisotopic (exact) mass is 202 g/mol. The minimum absolute atomic E-state index is 0.0203. The second-order valence-corrected chi connectivity index (χ2v) is 4.78. The summed E-state index contributed by atoms with van der Waals surface area (Å²) in [5, 5.41) is 0.0452. The molecule has 0 saturated carbocycles. The SMILES string of the molecule is CCC[S+]([O-])C(C=CC(C)=O)CC. The van der Waals surface area contributed by atoms with Gasteiger partial charge >= 0.3 is 0 Å². The zero-order valence-electron chi connectivity index (χ0n) is 8.58. The van der Waals surface area contributed by atoms with Crippen molar-refractivity contribution in [2.45, 2.75) is 38.9 Å². The number of rotatable bonds is 6. The molecule has 0 heterocycles. The number of allylic oxidation sites excluding steroid dienone is 1. The Bertz CT molecular complexity index is 178. The molecule has 0 radical (unpaired) electrons. The fourth-order valence-electron chi connectivity index (χ4n) is 1.00. The summed E-state index contributed by atoms with van der Waals surface area (Å²) in [6, 6.07) is 0. The molecule has 0 bridgehead atoms. The molecule has 3 heteroatoms. The van der Waals surface area contributed by atoms with E-state index in [0.29, 0.717) is 0 Å². The van der Waals surface area contributed by atoms with Crippen LogP contribution in [0.25, 0.3) is 0 Å². The predicted molar refractivity (Wildman–Crippen MR) is 57.2 cm³/mol. The van der Waals surface area contributed by atoms with Crippen molar-refractivity contribution in [3.05, 3.63) is 12.2 Å². The van der Waals surface area contributed by atoms with Crippen LogP contribution in [0.2, 0.25) is 0 Å². The Morgan fingerprint density at radius 1 is 1.54 bits per heavy atom. The second-order valence-electron chi connectivity index (χ2n) is 3.00. The van der Waals surface area contributed by atoms with Gasteiger partial charge in [0.2, 0.25) is 0 Å². The molecule has 0 aromatic rings. The molecule has 0 N–H and O–H groups in total. The Hall–Kier alpha value is -0.280. The first-order chi connectivity index (χ1) is 6.11. The lowest BCUT2D eigenvalue weighted by atomic mass is 10.3. The maximum Gasteiger partial charge on any atom is 0.152 e. The van der Waals surface area contributed by atoms with Crippen molar-refractivity contribution in [1.29, 1.82) is 0 Å². The average Bonchev–Trinajstić information content (AvgIpc) is 2.05. The number of carbonyl (C=O) groups excluding carboxylic acids is 1. The van der Waals surface area contributed by atoms with Gasteiger partial charge in [0.05, 0.1) is 0 Å². The van der Waals surface area contributed by atoms with Crippen molar-refractivity contribution >= 4 is 17.0 Å². The van der Waals surface area contributed by atoms with Gasteiger partial charge in [-0.05, 0) is 43.1 Å².